The van der Waals surface area contributed by atoms with Crippen molar-refractivity contribution in [1.29, 1.82) is 0 Å². The molecule has 1 aromatic heterocycles. The van der Waals surface area contributed by atoms with E-state index in [1.165, 1.54) is 12.1 Å². The van der Waals surface area contributed by atoms with E-state index in [-0.39, 0.29) is 24.1 Å². The van der Waals surface area contributed by atoms with Crippen LogP contribution in [0.1, 0.15) is 26.7 Å². The molecule has 136 valence electrons. The molecule has 0 unspecified atom stereocenters. The van der Waals surface area contributed by atoms with Gasteiger partial charge in [0.1, 0.15) is 11.4 Å². The van der Waals surface area contributed by atoms with Gasteiger partial charge in [-0.3, -0.25) is 0 Å². The Kier molecular flexibility index (Phi) is 5.19. The lowest BCUT2D eigenvalue weighted by molar-refractivity contribution is -0.274. The monoisotopic (exact) mass is 359 g/mol. The summed E-state index contributed by atoms with van der Waals surface area (Å²) in [6.45, 7) is 5.13. The van der Waals surface area contributed by atoms with Crippen LogP contribution in [0.15, 0.2) is 28.7 Å². The van der Waals surface area contributed by atoms with Gasteiger partial charge >= 0.3 is 12.5 Å². The van der Waals surface area contributed by atoms with Crippen LogP contribution in [0.25, 0.3) is 11.5 Å². The number of ether oxygens (including phenoxy) is 2. The molecule has 0 spiro atoms. The van der Waals surface area contributed by atoms with E-state index in [2.05, 4.69) is 20.3 Å². The second-order valence-corrected chi connectivity index (χ2v) is 5.93. The lowest BCUT2D eigenvalue weighted by atomic mass is 10.2. The molecule has 1 aromatic carbocycles. The van der Waals surface area contributed by atoms with E-state index in [1.807, 2.05) is 0 Å². The molecule has 25 heavy (non-hydrogen) atoms. The zero-order valence-electron chi connectivity index (χ0n) is 13.7. The average molecular weight is 359 g/mol. The summed E-state index contributed by atoms with van der Waals surface area (Å²) in [5.41, 5.74) is -0.227. The van der Waals surface area contributed by atoms with Gasteiger partial charge in [-0.2, -0.15) is 0 Å². The third-order valence-electron chi connectivity index (χ3n) is 2.58. The summed E-state index contributed by atoms with van der Waals surface area (Å²) in [7, 11) is 0. The Labute approximate surface area is 141 Å². The Morgan fingerprint density at radius 2 is 1.80 bits per heavy atom. The van der Waals surface area contributed by atoms with Gasteiger partial charge in [-0.15, -0.1) is 23.4 Å². The van der Waals surface area contributed by atoms with Crippen LogP contribution in [0.4, 0.5) is 18.0 Å². The molecule has 0 bridgehead atoms. The molecular weight excluding hydrogens is 343 g/mol. The topological polar surface area (TPSA) is 86.5 Å². The van der Waals surface area contributed by atoms with Crippen LogP contribution < -0.4 is 10.1 Å². The third kappa shape index (κ3) is 6.32. The van der Waals surface area contributed by atoms with Crippen molar-refractivity contribution < 1.29 is 31.9 Å². The van der Waals surface area contributed by atoms with Gasteiger partial charge in [-0.05, 0) is 45.0 Å². The number of benzene rings is 1. The zero-order chi connectivity index (χ0) is 18.7. The predicted octanol–water partition coefficient (Wildman–Crippen LogP) is 3.66. The molecule has 0 aliphatic carbocycles. The second kappa shape index (κ2) is 6.99. The highest BCUT2D eigenvalue weighted by molar-refractivity contribution is 5.67. The van der Waals surface area contributed by atoms with Crippen LogP contribution >= 0.6 is 0 Å². The smallest absolute Gasteiger partial charge is 0.444 e. The van der Waals surface area contributed by atoms with Crippen LogP contribution in [0.5, 0.6) is 5.75 Å². The highest BCUT2D eigenvalue weighted by Crippen LogP contribution is 2.25. The largest absolute Gasteiger partial charge is 0.573 e. The summed E-state index contributed by atoms with van der Waals surface area (Å²) in [4.78, 5) is 11.5. The summed E-state index contributed by atoms with van der Waals surface area (Å²) in [6, 6.07) is 4.95. The molecule has 0 saturated carbocycles. The SMILES string of the molecule is CC(C)(C)OC(=O)NCc1nnc(-c2ccc(OC(F)(F)F)cc2)o1. The number of carbonyl (C=O) groups is 1. The van der Waals surface area contributed by atoms with Crippen LogP contribution in [0.3, 0.4) is 0 Å². The molecular formula is C15H16F3N3O4. The van der Waals surface area contributed by atoms with Crippen LogP contribution in [0.2, 0.25) is 0 Å². The van der Waals surface area contributed by atoms with Crippen molar-refractivity contribution in [3.8, 4) is 17.2 Å². The summed E-state index contributed by atoms with van der Waals surface area (Å²) in [6.07, 6.45) is -5.40. The maximum atomic E-state index is 12.1. The molecule has 2 rings (SSSR count). The van der Waals surface area contributed by atoms with E-state index < -0.39 is 18.1 Å². The summed E-state index contributed by atoms with van der Waals surface area (Å²) in [5.74, 6) is -0.140. The van der Waals surface area contributed by atoms with Crippen molar-refractivity contribution in [2.45, 2.75) is 39.3 Å². The molecule has 2 aromatic rings. The summed E-state index contributed by atoms with van der Waals surface area (Å²) in [5, 5.41) is 9.97. The van der Waals surface area contributed by atoms with Gasteiger partial charge in [0, 0.05) is 5.56 Å². The highest BCUT2D eigenvalue weighted by Gasteiger charge is 2.31. The summed E-state index contributed by atoms with van der Waals surface area (Å²) >= 11 is 0. The Bertz CT molecular complexity index is 721. The normalized spacial score (nSPS) is 11.9. The highest BCUT2D eigenvalue weighted by atomic mass is 19.4. The standard InChI is InChI=1S/C15H16F3N3O4/c1-14(2,3)25-13(22)19-8-11-20-21-12(23-11)9-4-6-10(7-5-9)24-15(16,17)18/h4-7H,8H2,1-3H3,(H,19,22). The number of rotatable bonds is 4. The van der Waals surface area contributed by atoms with Gasteiger partial charge in [0.25, 0.3) is 0 Å². The van der Waals surface area contributed by atoms with Gasteiger partial charge in [0.05, 0.1) is 6.54 Å². The van der Waals surface area contributed by atoms with Crippen LogP contribution in [-0.4, -0.2) is 28.3 Å². The zero-order valence-corrected chi connectivity index (χ0v) is 13.7. The Balaban J connectivity index is 1.95. The molecule has 10 heteroatoms. The molecule has 0 fully saturated rings. The van der Waals surface area contributed by atoms with Crippen molar-refractivity contribution in [1.82, 2.24) is 15.5 Å². The lowest BCUT2D eigenvalue weighted by Gasteiger charge is -2.19. The first-order chi connectivity index (χ1) is 11.5. The number of halogens is 3. The third-order valence-corrected chi connectivity index (χ3v) is 2.58. The van der Waals surface area contributed by atoms with E-state index in [4.69, 9.17) is 9.15 Å². The maximum absolute atomic E-state index is 12.1. The number of nitrogens with one attached hydrogen (secondary N) is 1. The van der Waals surface area contributed by atoms with Crippen molar-refractivity contribution in [2.75, 3.05) is 0 Å². The number of nitrogens with zero attached hydrogens (tertiary/aromatic N) is 2. The van der Waals surface area contributed by atoms with Crippen LogP contribution in [-0.2, 0) is 11.3 Å². The molecule has 0 atom stereocenters. The van der Waals surface area contributed by atoms with Gasteiger partial charge in [-0.25, -0.2) is 4.79 Å². The Morgan fingerprint density at radius 1 is 1.16 bits per heavy atom. The average Bonchev–Trinajstić information content (AvgIpc) is 2.91. The van der Waals surface area contributed by atoms with Crippen molar-refractivity contribution in [3.63, 3.8) is 0 Å². The van der Waals surface area contributed by atoms with Gasteiger partial charge in [0.2, 0.25) is 11.8 Å². The predicted molar refractivity (Wildman–Crippen MR) is 79.5 cm³/mol. The first-order valence-corrected chi connectivity index (χ1v) is 7.17. The number of alkyl carbamates (subject to hydrolysis) is 1. The number of aromatic nitrogens is 2. The number of hydrogen-bond donors (Lipinski definition) is 1. The van der Waals surface area contributed by atoms with E-state index in [0.717, 1.165) is 12.1 Å². The number of hydrogen-bond acceptors (Lipinski definition) is 6. The van der Waals surface area contributed by atoms with E-state index in [1.54, 1.807) is 20.8 Å². The summed E-state index contributed by atoms with van der Waals surface area (Å²) < 4.78 is 50.5. The fourth-order valence-corrected chi connectivity index (χ4v) is 1.70. The van der Waals surface area contributed by atoms with Crippen LogP contribution in [0, 0.1) is 0 Å². The number of carbonyl (C=O) groups excluding carboxylic acids is 1. The Morgan fingerprint density at radius 3 is 2.36 bits per heavy atom. The minimum Gasteiger partial charge on any atom is -0.444 e. The van der Waals surface area contributed by atoms with Crippen molar-refractivity contribution in [2.24, 2.45) is 0 Å². The quantitative estimate of drug-likeness (QED) is 0.897. The molecule has 1 N–H and O–H groups in total. The number of amides is 1. The molecule has 0 saturated heterocycles. The first-order valence-electron chi connectivity index (χ1n) is 7.17. The molecule has 1 amide bonds. The molecule has 0 radical (unpaired) electrons. The molecule has 7 nitrogen and oxygen atoms in total. The Hall–Kier alpha value is -2.78. The second-order valence-electron chi connectivity index (χ2n) is 5.93. The lowest BCUT2D eigenvalue weighted by Crippen LogP contribution is -2.32. The molecule has 1 heterocycles. The van der Waals surface area contributed by atoms with Gasteiger partial charge in [0.15, 0.2) is 0 Å². The maximum Gasteiger partial charge on any atom is 0.573 e. The fraction of sp³-hybridized carbons (Fsp3) is 0.400. The minimum atomic E-state index is -4.76. The molecule has 0 aliphatic rings. The van der Waals surface area contributed by atoms with Gasteiger partial charge in [-0.1, -0.05) is 0 Å². The number of alkyl halides is 3. The van der Waals surface area contributed by atoms with Crippen molar-refractivity contribution in [3.05, 3.63) is 30.2 Å². The molecule has 0 aliphatic heterocycles. The van der Waals surface area contributed by atoms with E-state index in [9.17, 15) is 18.0 Å². The van der Waals surface area contributed by atoms with E-state index in [0.29, 0.717) is 5.56 Å². The van der Waals surface area contributed by atoms with E-state index >= 15 is 0 Å². The minimum absolute atomic E-state index is 0.0445. The van der Waals surface area contributed by atoms with Crippen molar-refractivity contribution >= 4 is 6.09 Å². The van der Waals surface area contributed by atoms with Gasteiger partial charge < -0.3 is 19.2 Å². The first kappa shape index (κ1) is 18.6. The fourth-order valence-electron chi connectivity index (χ4n) is 1.70.